The van der Waals surface area contributed by atoms with Gasteiger partial charge in [-0.25, -0.2) is 8.42 Å². The summed E-state index contributed by atoms with van der Waals surface area (Å²) in [5.41, 5.74) is 0.946. The zero-order valence-electron chi connectivity index (χ0n) is 12.7. The fourth-order valence-electron chi connectivity index (χ4n) is 3.55. The van der Waals surface area contributed by atoms with Gasteiger partial charge in [-0.05, 0) is 23.8 Å². The number of halogens is 2. The number of fused-ring (bicyclic) bond motifs is 1. The van der Waals surface area contributed by atoms with Gasteiger partial charge in [-0.2, -0.15) is 0 Å². The fourth-order valence-corrected chi connectivity index (χ4v) is 6.13. The number of rotatable bonds is 2. The van der Waals surface area contributed by atoms with Gasteiger partial charge in [-0.3, -0.25) is 9.69 Å². The molecule has 5 nitrogen and oxygen atoms in total. The molecule has 0 N–H and O–H groups in total. The summed E-state index contributed by atoms with van der Waals surface area (Å²) in [6.07, 6.45) is 0. The number of piperazine rings is 1. The molecule has 1 aromatic carbocycles. The van der Waals surface area contributed by atoms with Crippen molar-refractivity contribution < 1.29 is 13.2 Å². The molecule has 2 fully saturated rings. The molecule has 3 rings (SSSR count). The highest BCUT2D eigenvalue weighted by atomic mass is 35.5. The van der Waals surface area contributed by atoms with E-state index in [9.17, 15) is 13.2 Å². The van der Waals surface area contributed by atoms with Gasteiger partial charge in [0.15, 0.2) is 9.84 Å². The van der Waals surface area contributed by atoms with Crippen LogP contribution < -0.4 is 0 Å². The van der Waals surface area contributed by atoms with Crippen LogP contribution in [-0.2, 0) is 21.2 Å². The van der Waals surface area contributed by atoms with Gasteiger partial charge in [0, 0.05) is 42.6 Å². The number of amides is 1. The quantitative estimate of drug-likeness (QED) is 0.789. The SMILES string of the molecule is CC(=O)N1CCN(Cc2cc(Cl)cc(Cl)c2)[C@@H]2CS(=O)(=O)C[C@@H]21. The first-order chi connectivity index (χ1) is 10.7. The lowest BCUT2D eigenvalue weighted by Crippen LogP contribution is -2.59. The van der Waals surface area contributed by atoms with Crippen molar-refractivity contribution in [3.63, 3.8) is 0 Å². The molecule has 0 bridgehead atoms. The number of carbonyl (C=O) groups excluding carboxylic acids is 1. The molecule has 2 aliphatic heterocycles. The Labute approximate surface area is 146 Å². The van der Waals surface area contributed by atoms with E-state index in [1.807, 2.05) is 12.1 Å². The van der Waals surface area contributed by atoms with Gasteiger partial charge in [0.1, 0.15) is 0 Å². The van der Waals surface area contributed by atoms with Crippen LogP contribution in [0.5, 0.6) is 0 Å². The Morgan fingerprint density at radius 3 is 2.35 bits per heavy atom. The van der Waals surface area contributed by atoms with Crippen molar-refractivity contribution in [2.75, 3.05) is 24.6 Å². The van der Waals surface area contributed by atoms with Crippen LogP contribution >= 0.6 is 23.2 Å². The molecule has 1 aromatic rings. The third kappa shape index (κ3) is 3.65. The van der Waals surface area contributed by atoms with E-state index in [0.29, 0.717) is 29.7 Å². The van der Waals surface area contributed by atoms with E-state index in [4.69, 9.17) is 23.2 Å². The molecule has 0 radical (unpaired) electrons. The maximum Gasteiger partial charge on any atom is 0.219 e. The van der Waals surface area contributed by atoms with Gasteiger partial charge >= 0.3 is 0 Å². The lowest BCUT2D eigenvalue weighted by Gasteiger charge is -2.43. The standard InChI is InChI=1S/C15H18Cl2N2O3S/c1-10(20)19-3-2-18(14-8-23(21,22)9-15(14)19)7-11-4-12(16)6-13(17)5-11/h4-6,14-15H,2-3,7-9H2,1H3/t14-,15+/m1/s1. The minimum atomic E-state index is -3.12. The molecule has 2 heterocycles. The average molecular weight is 377 g/mol. The molecule has 8 heteroatoms. The van der Waals surface area contributed by atoms with E-state index in [1.165, 1.54) is 6.92 Å². The Kier molecular flexibility index (Phi) is 4.62. The van der Waals surface area contributed by atoms with Crippen molar-refractivity contribution in [1.82, 2.24) is 9.80 Å². The van der Waals surface area contributed by atoms with Crippen LogP contribution in [0.3, 0.4) is 0 Å². The van der Waals surface area contributed by atoms with Crippen molar-refractivity contribution in [1.29, 1.82) is 0 Å². The van der Waals surface area contributed by atoms with E-state index < -0.39 is 9.84 Å². The second-order valence-corrected chi connectivity index (χ2v) is 9.20. The Morgan fingerprint density at radius 2 is 1.74 bits per heavy atom. The third-order valence-corrected chi connectivity index (χ3v) is 6.64. The summed E-state index contributed by atoms with van der Waals surface area (Å²) in [5.74, 6) is 0.0716. The first-order valence-electron chi connectivity index (χ1n) is 7.42. The van der Waals surface area contributed by atoms with Gasteiger partial charge < -0.3 is 4.90 Å². The molecule has 0 unspecified atom stereocenters. The maximum atomic E-state index is 12.1. The van der Waals surface area contributed by atoms with Crippen LogP contribution in [0.25, 0.3) is 0 Å². The zero-order valence-corrected chi connectivity index (χ0v) is 15.0. The molecule has 23 heavy (non-hydrogen) atoms. The number of hydrogen-bond donors (Lipinski definition) is 0. The van der Waals surface area contributed by atoms with Gasteiger partial charge in [-0.15, -0.1) is 0 Å². The highest BCUT2D eigenvalue weighted by Crippen LogP contribution is 2.29. The lowest BCUT2D eigenvalue weighted by molar-refractivity contribution is -0.134. The first kappa shape index (κ1) is 17.0. The minimum Gasteiger partial charge on any atom is -0.336 e. The molecule has 0 aromatic heterocycles. The normalized spacial score (nSPS) is 27.0. The zero-order chi connectivity index (χ0) is 16.8. The number of carbonyl (C=O) groups is 1. The molecule has 2 saturated heterocycles. The van der Waals surface area contributed by atoms with Gasteiger partial charge in [0.05, 0.1) is 17.5 Å². The molecule has 0 aliphatic carbocycles. The van der Waals surface area contributed by atoms with E-state index in [1.54, 1.807) is 11.0 Å². The van der Waals surface area contributed by atoms with E-state index in [2.05, 4.69) is 4.90 Å². The van der Waals surface area contributed by atoms with Gasteiger partial charge in [-0.1, -0.05) is 23.2 Å². The van der Waals surface area contributed by atoms with Crippen LogP contribution in [-0.4, -0.2) is 60.8 Å². The number of benzene rings is 1. The Hall–Kier alpha value is -0.820. The topological polar surface area (TPSA) is 57.7 Å². The second-order valence-electron chi connectivity index (χ2n) is 6.17. The maximum absolute atomic E-state index is 12.1. The summed E-state index contributed by atoms with van der Waals surface area (Å²) in [6, 6.07) is 4.91. The summed E-state index contributed by atoms with van der Waals surface area (Å²) in [5, 5.41) is 1.12. The molecule has 1 amide bonds. The Balaban J connectivity index is 1.85. The highest BCUT2D eigenvalue weighted by molar-refractivity contribution is 7.91. The van der Waals surface area contributed by atoms with Crippen molar-refractivity contribution >= 4 is 38.9 Å². The van der Waals surface area contributed by atoms with Crippen LogP contribution in [0.15, 0.2) is 18.2 Å². The second kappa shape index (κ2) is 6.24. The van der Waals surface area contributed by atoms with Gasteiger partial charge in [0.2, 0.25) is 5.91 Å². The summed E-state index contributed by atoms with van der Waals surface area (Å²) in [7, 11) is -3.12. The summed E-state index contributed by atoms with van der Waals surface area (Å²) < 4.78 is 24.1. The predicted molar refractivity (Wildman–Crippen MR) is 90.5 cm³/mol. The van der Waals surface area contributed by atoms with Crippen molar-refractivity contribution in [3.8, 4) is 0 Å². The minimum absolute atomic E-state index is 0.0457. The molecular formula is C15H18Cl2N2O3S. The number of nitrogens with zero attached hydrogens (tertiary/aromatic N) is 2. The van der Waals surface area contributed by atoms with E-state index in [0.717, 1.165) is 5.56 Å². The Morgan fingerprint density at radius 1 is 1.13 bits per heavy atom. The molecule has 126 valence electrons. The first-order valence-corrected chi connectivity index (χ1v) is 9.99. The number of hydrogen-bond acceptors (Lipinski definition) is 4. The van der Waals surface area contributed by atoms with Crippen LogP contribution in [0, 0.1) is 0 Å². The summed E-state index contributed by atoms with van der Waals surface area (Å²) >= 11 is 12.1. The third-order valence-electron chi connectivity index (χ3n) is 4.50. The van der Waals surface area contributed by atoms with Gasteiger partial charge in [0.25, 0.3) is 0 Å². The fraction of sp³-hybridized carbons (Fsp3) is 0.533. The Bertz CT molecular complexity index is 718. The molecule has 2 atom stereocenters. The summed E-state index contributed by atoms with van der Waals surface area (Å²) in [4.78, 5) is 15.6. The highest BCUT2D eigenvalue weighted by Gasteiger charge is 2.47. The monoisotopic (exact) mass is 376 g/mol. The van der Waals surface area contributed by atoms with E-state index in [-0.39, 0.29) is 29.5 Å². The average Bonchev–Trinajstić information content (AvgIpc) is 2.72. The van der Waals surface area contributed by atoms with Crippen LogP contribution in [0.1, 0.15) is 12.5 Å². The van der Waals surface area contributed by atoms with Crippen molar-refractivity contribution in [3.05, 3.63) is 33.8 Å². The number of sulfone groups is 1. The molecular weight excluding hydrogens is 359 g/mol. The van der Waals surface area contributed by atoms with E-state index >= 15 is 0 Å². The van der Waals surface area contributed by atoms with Crippen molar-refractivity contribution in [2.24, 2.45) is 0 Å². The van der Waals surface area contributed by atoms with Crippen LogP contribution in [0.4, 0.5) is 0 Å². The summed E-state index contributed by atoms with van der Waals surface area (Å²) in [6.45, 7) is 3.25. The smallest absolute Gasteiger partial charge is 0.219 e. The lowest BCUT2D eigenvalue weighted by atomic mass is 10.0. The largest absolute Gasteiger partial charge is 0.336 e. The van der Waals surface area contributed by atoms with Crippen molar-refractivity contribution in [2.45, 2.75) is 25.6 Å². The predicted octanol–water partition coefficient (Wildman–Crippen LogP) is 1.82. The molecule has 0 spiro atoms. The molecule has 0 saturated carbocycles. The van der Waals surface area contributed by atoms with Crippen LogP contribution in [0.2, 0.25) is 10.0 Å². The molecule has 2 aliphatic rings.